The first-order valence-corrected chi connectivity index (χ1v) is 8.32. The van der Waals surface area contributed by atoms with Crippen LogP contribution in [0.4, 0.5) is 5.95 Å². The fourth-order valence-corrected chi connectivity index (χ4v) is 2.93. The SMILES string of the molecule is CCc1nnc(N2CC(CBr)OC(C)(C)C2)nc1CC. The molecule has 2 rings (SSSR count). The van der Waals surface area contributed by atoms with E-state index in [0.717, 1.165) is 48.6 Å². The summed E-state index contributed by atoms with van der Waals surface area (Å²) in [5.41, 5.74) is 1.86. The van der Waals surface area contributed by atoms with Gasteiger partial charge in [-0.05, 0) is 26.7 Å². The molecule has 0 amide bonds. The van der Waals surface area contributed by atoms with Crippen molar-refractivity contribution < 1.29 is 4.74 Å². The van der Waals surface area contributed by atoms with E-state index >= 15 is 0 Å². The topological polar surface area (TPSA) is 51.1 Å². The molecule has 1 unspecified atom stereocenters. The van der Waals surface area contributed by atoms with Crippen LogP contribution in [0.15, 0.2) is 0 Å². The van der Waals surface area contributed by atoms with Crippen LogP contribution in [0.2, 0.25) is 0 Å². The third kappa shape index (κ3) is 3.47. The molecule has 0 saturated carbocycles. The standard InChI is InChI=1S/C14H23BrN4O/c1-5-11-12(6-2)17-18-13(16-11)19-8-10(7-15)20-14(3,4)9-19/h10H,5-9H2,1-4H3. The van der Waals surface area contributed by atoms with Crippen molar-refractivity contribution in [2.24, 2.45) is 0 Å². The zero-order chi connectivity index (χ0) is 14.8. The summed E-state index contributed by atoms with van der Waals surface area (Å²) in [4.78, 5) is 6.88. The quantitative estimate of drug-likeness (QED) is 0.786. The summed E-state index contributed by atoms with van der Waals surface area (Å²) in [5, 5.41) is 9.46. The molecule has 20 heavy (non-hydrogen) atoms. The lowest BCUT2D eigenvalue weighted by Crippen LogP contribution is -2.54. The van der Waals surface area contributed by atoms with Gasteiger partial charge in [0.2, 0.25) is 5.95 Å². The molecule has 0 bridgehead atoms. The number of morpholine rings is 1. The molecule has 0 N–H and O–H groups in total. The Hall–Kier alpha value is -0.750. The largest absolute Gasteiger partial charge is 0.368 e. The summed E-state index contributed by atoms with van der Waals surface area (Å²) in [6, 6.07) is 0. The second-order valence-electron chi connectivity index (χ2n) is 5.75. The first kappa shape index (κ1) is 15.6. The van der Waals surface area contributed by atoms with Gasteiger partial charge in [0, 0.05) is 18.4 Å². The highest BCUT2D eigenvalue weighted by molar-refractivity contribution is 9.09. The lowest BCUT2D eigenvalue weighted by atomic mass is 10.1. The first-order valence-electron chi connectivity index (χ1n) is 7.20. The van der Waals surface area contributed by atoms with E-state index in [9.17, 15) is 0 Å². The van der Waals surface area contributed by atoms with Gasteiger partial charge in [-0.2, -0.15) is 5.10 Å². The minimum atomic E-state index is -0.199. The third-order valence-corrected chi connectivity index (χ3v) is 4.16. The molecule has 1 aromatic rings. The zero-order valence-electron chi connectivity index (χ0n) is 12.7. The number of nitrogens with zero attached hydrogens (tertiary/aromatic N) is 4. The molecule has 0 aliphatic carbocycles. The summed E-state index contributed by atoms with van der Waals surface area (Å²) < 4.78 is 6.01. The average molecular weight is 343 g/mol. The number of aryl methyl sites for hydroxylation is 2. The molecule has 1 aromatic heterocycles. The number of anilines is 1. The van der Waals surface area contributed by atoms with Crippen molar-refractivity contribution in [3.8, 4) is 0 Å². The summed E-state index contributed by atoms with van der Waals surface area (Å²) in [6.07, 6.45) is 1.92. The van der Waals surface area contributed by atoms with Crippen LogP contribution in [0.1, 0.15) is 39.1 Å². The van der Waals surface area contributed by atoms with Crippen molar-refractivity contribution in [3.63, 3.8) is 0 Å². The van der Waals surface area contributed by atoms with E-state index in [-0.39, 0.29) is 11.7 Å². The Labute approximate surface area is 129 Å². The van der Waals surface area contributed by atoms with Crippen LogP contribution in [-0.4, -0.2) is 45.3 Å². The van der Waals surface area contributed by atoms with Crippen molar-refractivity contribution >= 4 is 21.9 Å². The fraction of sp³-hybridized carbons (Fsp3) is 0.786. The van der Waals surface area contributed by atoms with Crippen LogP contribution >= 0.6 is 15.9 Å². The van der Waals surface area contributed by atoms with Gasteiger partial charge < -0.3 is 9.64 Å². The number of alkyl halides is 1. The van der Waals surface area contributed by atoms with Crippen molar-refractivity contribution in [3.05, 3.63) is 11.4 Å². The second-order valence-corrected chi connectivity index (χ2v) is 6.39. The lowest BCUT2D eigenvalue weighted by Gasteiger charge is -2.42. The molecule has 1 aliphatic heterocycles. The summed E-state index contributed by atoms with van der Waals surface area (Å²) >= 11 is 3.51. The van der Waals surface area contributed by atoms with E-state index in [4.69, 9.17) is 9.72 Å². The predicted octanol–water partition coefficient (Wildman–Crippen LogP) is 2.38. The molecule has 5 nitrogen and oxygen atoms in total. The number of hydrogen-bond acceptors (Lipinski definition) is 5. The molecule has 0 radical (unpaired) electrons. The highest BCUT2D eigenvalue weighted by Gasteiger charge is 2.34. The molecule has 1 fully saturated rings. The van der Waals surface area contributed by atoms with Gasteiger partial charge in [0.05, 0.1) is 23.1 Å². The normalized spacial score (nSPS) is 22.1. The van der Waals surface area contributed by atoms with Crippen LogP contribution in [0.25, 0.3) is 0 Å². The number of ether oxygens (including phenoxy) is 1. The molecule has 6 heteroatoms. The van der Waals surface area contributed by atoms with Crippen LogP contribution < -0.4 is 4.90 Å². The maximum Gasteiger partial charge on any atom is 0.245 e. The van der Waals surface area contributed by atoms with Crippen molar-refractivity contribution in [2.45, 2.75) is 52.2 Å². The molecule has 1 aliphatic rings. The van der Waals surface area contributed by atoms with E-state index in [0.29, 0.717) is 0 Å². The number of hydrogen-bond donors (Lipinski definition) is 0. The van der Waals surface area contributed by atoms with Gasteiger partial charge >= 0.3 is 0 Å². The highest BCUT2D eigenvalue weighted by atomic mass is 79.9. The Morgan fingerprint density at radius 3 is 2.55 bits per heavy atom. The molecular weight excluding hydrogens is 320 g/mol. The lowest BCUT2D eigenvalue weighted by molar-refractivity contribution is -0.0728. The van der Waals surface area contributed by atoms with Gasteiger partial charge in [0.15, 0.2) is 0 Å². The van der Waals surface area contributed by atoms with Gasteiger partial charge in [-0.15, -0.1) is 5.10 Å². The van der Waals surface area contributed by atoms with Gasteiger partial charge in [0.25, 0.3) is 0 Å². The smallest absolute Gasteiger partial charge is 0.245 e. The van der Waals surface area contributed by atoms with Gasteiger partial charge in [-0.1, -0.05) is 29.8 Å². The highest BCUT2D eigenvalue weighted by Crippen LogP contribution is 2.25. The fourth-order valence-electron chi connectivity index (χ4n) is 2.59. The third-order valence-electron chi connectivity index (χ3n) is 3.43. The molecule has 1 saturated heterocycles. The maximum absolute atomic E-state index is 6.01. The van der Waals surface area contributed by atoms with Gasteiger partial charge in [-0.3, -0.25) is 0 Å². The summed E-state index contributed by atoms with van der Waals surface area (Å²) in [5.74, 6) is 0.723. The average Bonchev–Trinajstić information content (AvgIpc) is 2.44. The Morgan fingerprint density at radius 2 is 1.95 bits per heavy atom. The monoisotopic (exact) mass is 342 g/mol. The Bertz CT molecular complexity index is 466. The molecule has 112 valence electrons. The summed E-state index contributed by atoms with van der Waals surface area (Å²) in [7, 11) is 0. The first-order chi connectivity index (χ1) is 9.49. The van der Waals surface area contributed by atoms with Crippen LogP contribution in [0, 0.1) is 0 Å². The van der Waals surface area contributed by atoms with E-state index in [1.807, 2.05) is 0 Å². The molecule has 0 spiro atoms. The van der Waals surface area contributed by atoms with Gasteiger partial charge in [0.1, 0.15) is 0 Å². The predicted molar refractivity (Wildman–Crippen MR) is 83.5 cm³/mol. The Balaban J connectivity index is 2.26. The summed E-state index contributed by atoms with van der Waals surface area (Å²) in [6.45, 7) is 9.98. The van der Waals surface area contributed by atoms with Gasteiger partial charge in [-0.25, -0.2) is 4.98 Å². The number of rotatable bonds is 4. The van der Waals surface area contributed by atoms with Crippen molar-refractivity contribution in [2.75, 3.05) is 23.3 Å². The molecule has 2 heterocycles. The van der Waals surface area contributed by atoms with Crippen LogP contribution in [0.5, 0.6) is 0 Å². The van der Waals surface area contributed by atoms with E-state index < -0.39 is 0 Å². The number of aromatic nitrogens is 3. The van der Waals surface area contributed by atoms with Crippen molar-refractivity contribution in [1.82, 2.24) is 15.2 Å². The van der Waals surface area contributed by atoms with E-state index in [1.54, 1.807) is 0 Å². The minimum Gasteiger partial charge on any atom is -0.368 e. The van der Waals surface area contributed by atoms with Crippen molar-refractivity contribution in [1.29, 1.82) is 0 Å². The Kier molecular flexibility index (Phi) is 4.96. The number of halogens is 1. The minimum absolute atomic E-state index is 0.151. The Morgan fingerprint density at radius 1 is 1.25 bits per heavy atom. The van der Waals surface area contributed by atoms with Crippen LogP contribution in [-0.2, 0) is 17.6 Å². The zero-order valence-corrected chi connectivity index (χ0v) is 14.3. The molecule has 0 aromatic carbocycles. The second kappa shape index (κ2) is 6.35. The molecular formula is C14H23BrN4O. The van der Waals surface area contributed by atoms with E-state index in [1.165, 1.54) is 0 Å². The van der Waals surface area contributed by atoms with Crippen LogP contribution in [0.3, 0.4) is 0 Å². The van der Waals surface area contributed by atoms with E-state index in [2.05, 4.69) is 58.7 Å². The maximum atomic E-state index is 6.01. The molecule has 1 atom stereocenters.